The molecule has 0 bridgehead atoms. The number of benzene rings is 2. The molecule has 116 valence electrons. The lowest BCUT2D eigenvalue weighted by Gasteiger charge is -2.06. The second kappa shape index (κ2) is 5.91. The molecule has 2 aromatic carbocycles. The van der Waals surface area contributed by atoms with E-state index in [0.29, 0.717) is 0 Å². The third kappa shape index (κ3) is 2.71. The van der Waals surface area contributed by atoms with Crippen LogP contribution in [-0.4, -0.2) is 16.3 Å². The van der Waals surface area contributed by atoms with Crippen molar-refractivity contribution in [3.63, 3.8) is 0 Å². The Morgan fingerprint density at radius 2 is 1.83 bits per heavy atom. The second-order valence-corrected chi connectivity index (χ2v) is 6.45. The summed E-state index contributed by atoms with van der Waals surface area (Å²) in [5, 5.41) is 9.77. The minimum Gasteiger partial charge on any atom is -0.369 e. The lowest BCUT2D eigenvalue weighted by atomic mass is 10.1. The zero-order chi connectivity index (χ0) is 15.8. The third-order valence-corrected chi connectivity index (χ3v) is 4.74. The van der Waals surface area contributed by atoms with E-state index in [2.05, 4.69) is 11.4 Å². The first-order valence-electron chi connectivity index (χ1n) is 7.56. The van der Waals surface area contributed by atoms with Crippen LogP contribution in [0.3, 0.4) is 0 Å². The van der Waals surface area contributed by atoms with Crippen molar-refractivity contribution >= 4 is 29.0 Å². The van der Waals surface area contributed by atoms with Crippen molar-refractivity contribution in [3.8, 4) is 5.69 Å². The van der Waals surface area contributed by atoms with E-state index < -0.39 is 0 Å². The Hall–Kier alpha value is -1.97. The van der Waals surface area contributed by atoms with Crippen LogP contribution in [-0.2, 0) is 12.8 Å². The Morgan fingerprint density at radius 3 is 2.61 bits per heavy atom. The maximum Gasteiger partial charge on any atom is 0.133 e. The number of halogens is 2. The first-order valence-corrected chi connectivity index (χ1v) is 8.32. The van der Waals surface area contributed by atoms with Gasteiger partial charge in [-0.25, -0.2) is 4.68 Å². The monoisotopic (exact) mass is 343 g/mol. The Balaban J connectivity index is 1.76. The SMILES string of the molecule is Clc1ccc(-n2nc(Cc3ccccc3Cl)c3c2NCC3)cc1. The largest absolute Gasteiger partial charge is 0.369 e. The van der Waals surface area contributed by atoms with Crippen LogP contribution in [0.4, 0.5) is 5.82 Å². The standard InChI is InChI=1S/C18H15Cl2N3/c19-13-5-7-14(8-6-13)23-18-15(9-10-21-18)17(22-23)11-12-3-1-2-4-16(12)20/h1-8,21H,9-11H2. The van der Waals surface area contributed by atoms with Gasteiger partial charge in [-0.2, -0.15) is 5.10 Å². The van der Waals surface area contributed by atoms with Gasteiger partial charge in [0.2, 0.25) is 0 Å². The maximum absolute atomic E-state index is 6.30. The Labute approximate surface area is 144 Å². The molecule has 4 rings (SSSR count). The summed E-state index contributed by atoms with van der Waals surface area (Å²) in [5.41, 5.74) is 4.46. The van der Waals surface area contributed by atoms with Gasteiger partial charge in [-0.3, -0.25) is 0 Å². The molecule has 0 fully saturated rings. The summed E-state index contributed by atoms with van der Waals surface area (Å²) in [6, 6.07) is 15.7. The van der Waals surface area contributed by atoms with Gasteiger partial charge in [0.15, 0.2) is 0 Å². The number of fused-ring (bicyclic) bond motifs is 1. The molecule has 0 atom stereocenters. The number of nitrogens with zero attached hydrogens (tertiary/aromatic N) is 2. The molecule has 23 heavy (non-hydrogen) atoms. The molecule has 0 saturated carbocycles. The number of aromatic nitrogens is 2. The van der Waals surface area contributed by atoms with Gasteiger partial charge < -0.3 is 5.32 Å². The predicted octanol–water partition coefficient (Wildman–Crippen LogP) is 4.74. The number of hydrogen-bond acceptors (Lipinski definition) is 2. The fourth-order valence-electron chi connectivity index (χ4n) is 2.98. The number of nitrogens with one attached hydrogen (secondary N) is 1. The summed E-state index contributed by atoms with van der Waals surface area (Å²) in [6.45, 7) is 0.941. The van der Waals surface area contributed by atoms with Crippen LogP contribution in [0.1, 0.15) is 16.8 Å². The van der Waals surface area contributed by atoms with Crippen molar-refractivity contribution in [2.75, 3.05) is 11.9 Å². The van der Waals surface area contributed by atoms with E-state index in [4.69, 9.17) is 28.3 Å². The van der Waals surface area contributed by atoms with Gasteiger partial charge in [-0.15, -0.1) is 0 Å². The van der Waals surface area contributed by atoms with E-state index in [-0.39, 0.29) is 0 Å². The molecular weight excluding hydrogens is 329 g/mol. The number of hydrogen-bond donors (Lipinski definition) is 1. The van der Waals surface area contributed by atoms with Crippen molar-refractivity contribution in [2.24, 2.45) is 0 Å². The molecule has 0 aliphatic carbocycles. The smallest absolute Gasteiger partial charge is 0.133 e. The normalized spacial score (nSPS) is 13.0. The van der Waals surface area contributed by atoms with Crippen LogP contribution in [0.2, 0.25) is 10.0 Å². The molecular formula is C18H15Cl2N3. The van der Waals surface area contributed by atoms with Crippen molar-refractivity contribution in [2.45, 2.75) is 12.8 Å². The minimum atomic E-state index is 0.724. The van der Waals surface area contributed by atoms with Gasteiger partial charge in [-0.1, -0.05) is 41.4 Å². The van der Waals surface area contributed by atoms with Crippen LogP contribution in [0.5, 0.6) is 0 Å². The highest BCUT2D eigenvalue weighted by Gasteiger charge is 2.23. The van der Waals surface area contributed by atoms with E-state index >= 15 is 0 Å². The highest BCUT2D eigenvalue weighted by Crippen LogP contribution is 2.31. The Morgan fingerprint density at radius 1 is 1.04 bits per heavy atom. The topological polar surface area (TPSA) is 29.9 Å². The number of anilines is 1. The Kier molecular flexibility index (Phi) is 3.76. The van der Waals surface area contributed by atoms with Gasteiger partial charge in [0.1, 0.15) is 5.82 Å². The fraction of sp³-hybridized carbons (Fsp3) is 0.167. The molecule has 1 aliphatic heterocycles. The summed E-state index contributed by atoms with van der Waals surface area (Å²) in [7, 11) is 0. The zero-order valence-corrected chi connectivity index (χ0v) is 13.9. The van der Waals surface area contributed by atoms with Crippen molar-refractivity contribution < 1.29 is 0 Å². The summed E-state index contributed by atoms with van der Waals surface area (Å²) >= 11 is 12.3. The molecule has 1 aromatic heterocycles. The predicted molar refractivity (Wildman–Crippen MR) is 95.0 cm³/mol. The van der Waals surface area contributed by atoms with Crippen LogP contribution >= 0.6 is 23.2 Å². The summed E-state index contributed by atoms with van der Waals surface area (Å²) in [5.74, 6) is 1.08. The van der Waals surface area contributed by atoms with E-state index in [0.717, 1.165) is 52.2 Å². The summed E-state index contributed by atoms with van der Waals surface area (Å²) in [6.07, 6.45) is 1.73. The van der Waals surface area contributed by atoms with E-state index in [1.807, 2.05) is 47.1 Å². The quantitative estimate of drug-likeness (QED) is 0.744. The molecule has 1 aliphatic rings. The molecule has 2 heterocycles. The fourth-order valence-corrected chi connectivity index (χ4v) is 3.31. The molecule has 0 unspecified atom stereocenters. The van der Waals surface area contributed by atoms with Crippen LogP contribution in [0, 0.1) is 0 Å². The molecule has 0 spiro atoms. The first-order chi connectivity index (χ1) is 11.2. The maximum atomic E-state index is 6.30. The molecule has 5 heteroatoms. The summed E-state index contributed by atoms with van der Waals surface area (Å²) < 4.78 is 1.96. The van der Waals surface area contributed by atoms with Gasteiger partial charge in [0, 0.05) is 28.6 Å². The van der Waals surface area contributed by atoms with Crippen molar-refractivity contribution in [1.82, 2.24) is 9.78 Å². The molecule has 0 radical (unpaired) electrons. The van der Waals surface area contributed by atoms with Crippen LogP contribution in [0.25, 0.3) is 5.69 Å². The molecule has 3 nitrogen and oxygen atoms in total. The average Bonchev–Trinajstić information content (AvgIpc) is 3.14. The van der Waals surface area contributed by atoms with Crippen LogP contribution < -0.4 is 5.32 Å². The second-order valence-electron chi connectivity index (χ2n) is 5.61. The van der Waals surface area contributed by atoms with Crippen LogP contribution in [0.15, 0.2) is 48.5 Å². The van der Waals surface area contributed by atoms with Gasteiger partial charge in [0.25, 0.3) is 0 Å². The van der Waals surface area contributed by atoms with Gasteiger partial charge >= 0.3 is 0 Å². The van der Waals surface area contributed by atoms with Crippen molar-refractivity contribution in [1.29, 1.82) is 0 Å². The van der Waals surface area contributed by atoms with Gasteiger partial charge in [-0.05, 0) is 42.3 Å². The van der Waals surface area contributed by atoms with Crippen molar-refractivity contribution in [3.05, 3.63) is 75.4 Å². The van der Waals surface area contributed by atoms with E-state index in [1.165, 1.54) is 5.56 Å². The molecule has 1 N–H and O–H groups in total. The molecule has 3 aromatic rings. The summed E-state index contributed by atoms with van der Waals surface area (Å²) in [4.78, 5) is 0. The molecule has 0 saturated heterocycles. The minimum absolute atomic E-state index is 0.724. The lowest BCUT2D eigenvalue weighted by molar-refractivity contribution is 0.840. The Bertz CT molecular complexity index is 853. The molecule has 0 amide bonds. The lowest BCUT2D eigenvalue weighted by Crippen LogP contribution is -2.05. The average molecular weight is 344 g/mol. The van der Waals surface area contributed by atoms with Gasteiger partial charge in [0.05, 0.1) is 11.4 Å². The number of rotatable bonds is 3. The first kappa shape index (κ1) is 14.6. The highest BCUT2D eigenvalue weighted by molar-refractivity contribution is 6.31. The third-order valence-electron chi connectivity index (χ3n) is 4.12. The van der Waals surface area contributed by atoms with E-state index in [1.54, 1.807) is 0 Å². The highest BCUT2D eigenvalue weighted by atomic mass is 35.5. The zero-order valence-electron chi connectivity index (χ0n) is 12.4. The van der Waals surface area contributed by atoms with E-state index in [9.17, 15) is 0 Å².